The number of nitrogens with zero attached hydrogens (tertiary/aromatic N) is 8. The second-order valence-corrected chi connectivity index (χ2v) is 15.7. The molecule has 2 aliphatic carbocycles. The van der Waals surface area contributed by atoms with Gasteiger partial charge in [0.1, 0.15) is 11.8 Å². The van der Waals surface area contributed by atoms with Gasteiger partial charge in [-0.25, -0.2) is 10.0 Å². The highest BCUT2D eigenvalue weighted by Crippen LogP contribution is 2.37. The number of hydrogen-bond donors (Lipinski definition) is 0. The number of carbonyl (C=O) groups is 2. The van der Waals surface area contributed by atoms with Crippen LogP contribution in [0.1, 0.15) is 36.8 Å². The van der Waals surface area contributed by atoms with Crippen LogP contribution in [0.3, 0.4) is 0 Å². The van der Waals surface area contributed by atoms with Gasteiger partial charge in [0, 0.05) is 106 Å². The zero-order chi connectivity index (χ0) is 37.2. The number of hydrazone groups is 2. The molecule has 282 valence electrons. The first-order valence-corrected chi connectivity index (χ1v) is 20.1. The van der Waals surface area contributed by atoms with E-state index in [0.717, 1.165) is 122 Å². The summed E-state index contributed by atoms with van der Waals surface area (Å²) in [5.74, 6) is -0.189. The molecule has 2 fully saturated rings. The third-order valence-electron chi connectivity index (χ3n) is 11.6. The van der Waals surface area contributed by atoms with Gasteiger partial charge in [-0.1, -0.05) is 78.7 Å². The van der Waals surface area contributed by atoms with Gasteiger partial charge in [0.2, 0.25) is 0 Å². The first-order chi connectivity index (χ1) is 26.3. The number of carbonyl (C=O) groups excluding carboxylic acids is 2. The van der Waals surface area contributed by atoms with Crippen molar-refractivity contribution in [3.63, 3.8) is 0 Å². The predicted octanol–water partition coefficient (Wildman–Crippen LogP) is 6.05. The van der Waals surface area contributed by atoms with Crippen molar-refractivity contribution in [3.8, 4) is 0 Å². The third-order valence-corrected chi connectivity index (χ3v) is 12.2. The van der Waals surface area contributed by atoms with Crippen LogP contribution in [0.15, 0.2) is 95.2 Å². The van der Waals surface area contributed by atoms with Crippen LogP contribution in [0.2, 0.25) is 10.0 Å². The van der Waals surface area contributed by atoms with Gasteiger partial charge in [0.15, 0.2) is 0 Å². The van der Waals surface area contributed by atoms with E-state index in [1.807, 2.05) is 48.6 Å². The largest absolute Gasteiger partial charge is 0.369 e. The zero-order valence-electron chi connectivity index (χ0n) is 30.9. The van der Waals surface area contributed by atoms with E-state index in [4.69, 9.17) is 23.2 Å². The van der Waals surface area contributed by atoms with Gasteiger partial charge in [0.05, 0.1) is 11.4 Å². The standard InChI is InChI=1S/C42H48Cl2N8O2/c1-30(33-14-12-31(28-37(33)43)49-24-20-47(21-25-49)16-6-18-51-41(53)35-8-2-4-10-39(35)45-51)34-15-13-32(29-38(34)44)50-26-22-48(23-27-50)17-7-19-52-42(54)36-9-3-5-11-40(36)46-52/h2-5,8-15,28-30,35-36H,6-7,16-27H2,1H3. The summed E-state index contributed by atoms with van der Waals surface area (Å²) in [6.07, 6.45) is 17.2. The van der Waals surface area contributed by atoms with E-state index in [-0.39, 0.29) is 29.6 Å². The molecule has 0 radical (unpaired) electrons. The molecule has 0 bridgehead atoms. The molecule has 2 aromatic carbocycles. The number of hydrogen-bond acceptors (Lipinski definition) is 8. The van der Waals surface area contributed by atoms with E-state index >= 15 is 0 Å². The molecular formula is C42H48Cl2N8O2. The molecule has 0 saturated carbocycles. The zero-order valence-corrected chi connectivity index (χ0v) is 32.4. The second-order valence-electron chi connectivity index (χ2n) is 14.9. The number of fused-ring (bicyclic) bond motifs is 2. The summed E-state index contributed by atoms with van der Waals surface area (Å²) in [6.45, 7) is 13.0. The van der Waals surface area contributed by atoms with Crippen molar-refractivity contribution >= 4 is 57.8 Å². The molecule has 54 heavy (non-hydrogen) atoms. The average Bonchev–Trinajstić information content (AvgIpc) is 3.69. The number of rotatable bonds is 12. The maximum Gasteiger partial charge on any atom is 0.255 e. The number of benzene rings is 2. The SMILES string of the molecule is CC(c1ccc(N2CCN(CCCN3N=C4C=CC=CC4C3=O)CC2)cc1Cl)c1ccc(N2CCN(CCCN3N=C4C=CC=CC4C3=O)CC2)cc1Cl. The smallest absolute Gasteiger partial charge is 0.255 e. The highest BCUT2D eigenvalue weighted by Gasteiger charge is 2.34. The lowest BCUT2D eigenvalue weighted by Crippen LogP contribution is -2.47. The molecule has 0 aromatic heterocycles. The first-order valence-electron chi connectivity index (χ1n) is 19.4. The minimum Gasteiger partial charge on any atom is -0.369 e. The lowest BCUT2D eigenvalue weighted by Gasteiger charge is -2.36. The Morgan fingerprint density at radius 1 is 0.611 bits per heavy atom. The van der Waals surface area contributed by atoms with Gasteiger partial charge in [-0.2, -0.15) is 10.2 Å². The summed E-state index contributed by atoms with van der Waals surface area (Å²) in [4.78, 5) is 35.1. The molecule has 4 aliphatic heterocycles. The minimum absolute atomic E-state index is 0.0500. The Kier molecular flexibility index (Phi) is 11.1. The van der Waals surface area contributed by atoms with Crippen LogP contribution in [0.25, 0.3) is 0 Å². The Bertz CT molecular complexity index is 1800. The number of halogens is 2. The predicted molar refractivity (Wildman–Crippen MR) is 219 cm³/mol. The first kappa shape index (κ1) is 36.7. The van der Waals surface area contributed by atoms with Gasteiger partial charge in [-0.05, 0) is 60.4 Å². The Morgan fingerprint density at radius 3 is 1.43 bits per heavy atom. The van der Waals surface area contributed by atoms with Crippen molar-refractivity contribution in [1.29, 1.82) is 0 Å². The topological polar surface area (TPSA) is 78.3 Å². The summed E-state index contributed by atoms with van der Waals surface area (Å²) in [5, 5.41) is 13.9. The Morgan fingerprint density at radius 2 is 1.04 bits per heavy atom. The van der Waals surface area contributed by atoms with Gasteiger partial charge >= 0.3 is 0 Å². The van der Waals surface area contributed by atoms with Crippen molar-refractivity contribution in [2.75, 3.05) is 88.3 Å². The highest BCUT2D eigenvalue weighted by atomic mass is 35.5. The molecule has 12 heteroatoms. The second kappa shape index (κ2) is 16.3. The summed E-state index contributed by atoms with van der Waals surface area (Å²) >= 11 is 13.9. The summed E-state index contributed by atoms with van der Waals surface area (Å²) < 4.78 is 0. The van der Waals surface area contributed by atoms with Crippen LogP contribution >= 0.6 is 23.2 Å². The van der Waals surface area contributed by atoms with Crippen LogP contribution in [-0.4, -0.2) is 122 Å². The molecule has 8 rings (SSSR count). The van der Waals surface area contributed by atoms with E-state index in [0.29, 0.717) is 13.1 Å². The average molecular weight is 768 g/mol. The lowest BCUT2D eigenvalue weighted by atomic mass is 9.92. The monoisotopic (exact) mass is 766 g/mol. The summed E-state index contributed by atoms with van der Waals surface area (Å²) in [7, 11) is 0. The number of anilines is 2. The van der Waals surface area contributed by atoms with Gasteiger partial charge in [0.25, 0.3) is 11.8 Å². The normalized spacial score (nSPS) is 23.3. The number of amides is 2. The Balaban J connectivity index is 0.780. The van der Waals surface area contributed by atoms with Crippen LogP contribution < -0.4 is 9.80 Å². The van der Waals surface area contributed by atoms with Crippen LogP contribution in [0.5, 0.6) is 0 Å². The molecule has 2 amide bonds. The molecule has 10 nitrogen and oxygen atoms in total. The molecular weight excluding hydrogens is 719 g/mol. The van der Waals surface area contributed by atoms with E-state index < -0.39 is 0 Å². The van der Waals surface area contributed by atoms with Crippen LogP contribution in [0.4, 0.5) is 11.4 Å². The maximum atomic E-state index is 12.7. The lowest BCUT2D eigenvalue weighted by molar-refractivity contribution is -0.131. The molecule has 0 spiro atoms. The number of allylic oxidation sites excluding steroid dienone is 6. The van der Waals surface area contributed by atoms with E-state index in [1.165, 1.54) is 0 Å². The fourth-order valence-electron chi connectivity index (χ4n) is 8.33. The third kappa shape index (κ3) is 7.80. The molecule has 2 atom stereocenters. The van der Waals surface area contributed by atoms with Crippen molar-refractivity contribution in [2.24, 2.45) is 22.0 Å². The van der Waals surface area contributed by atoms with Crippen LogP contribution in [-0.2, 0) is 9.59 Å². The van der Waals surface area contributed by atoms with Crippen molar-refractivity contribution in [3.05, 3.63) is 106 Å². The van der Waals surface area contributed by atoms with Crippen molar-refractivity contribution in [2.45, 2.75) is 25.7 Å². The van der Waals surface area contributed by atoms with Crippen molar-refractivity contribution < 1.29 is 9.59 Å². The van der Waals surface area contributed by atoms with Gasteiger partial charge in [-0.15, -0.1) is 0 Å². The van der Waals surface area contributed by atoms with Crippen LogP contribution in [0, 0.1) is 11.8 Å². The van der Waals surface area contributed by atoms with E-state index in [9.17, 15) is 9.59 Å². The molecule has 4 heterocycles. The van der Waals surface area contributed by atoms with Crippen molar-refractivity contribution in [1.82, 2.24) is 19.8 Å². The van der Waals surface area contributed by atoms with E-state index in [2.05, 4.69) is 73.1 Å². The molecule has 2 unspecified atom stereocenters. The minimum atomic E-state index is -0.203. The van der Waals surface area contributed by atoms with Gasteiger partial charge < -0.3 is 9.80 Å². The Labute approximate surface area is 328 Å². The fraction of sp³-hybridized carbons (Fsp3) is 0.429. The molecule has 2 saturated heterocycles. The van der Waals surface area contributed by atoms with Gasteiger partial charge in [-0.3, -0.25) is 19.4 Å². The molecule has 2 aromatic rings. The number of piperazine rings is 2. The summed E-state index contributed by atoms with van der Waals surface area (Å²) in [5.41, 5.74) is 6.13. The fourth-order valence-corrected chi connectivity index (χ4v) is 9.01. The molecule has 6 aliphatic rings. The molecule has 0 N–H and O–H groups in total. The maximum absolute atomic E-state index is 12.7. The quantitative estimate of drug-likeness (QED) is 0.262. The van der Waals surface area contributed by atoms with E-state index in [1.54, 1.807) is 10.0 Å². The summed E-state index contributed by atoms with van der Waals surface area (Å²) in [6, 6.07) is 12.9. The highest BCUT2D eigenvalue weighted by molar-refractivity contribution is 6.32. The Hall–Kier alpha value is -4.22.